The van der Waals surface area contributed by atoms with Crippen LogP contribution in [0.5, 0.6) is 0 Å². The van der Waals surface area contributed by atoms with Crippen molar-refractivity contribution in [1.29, 1.82) is 5.26 Å². The molecule has 96 valence electrons. The first-order valence-corrected chi connectivity index (χ1v) is 7.78. The highest BCUT2D eigenvalue weighted by Crippen LogP contribution is 2.42. The van der Waals surface area contributed by atoms with Crippen LogP contribution in [0, 0.1) is 11.3 Å². The first kappa shape index (κ1) is 13.6. The molecule has 5 heteroatoms. The zero-order valence-electron chi connectivity index (χ0n) is 10.4. The Morgan fingerprint density at radius 3 is 3.00 bits per heavy atom. The average molecular weight is 327 g/mol. The number of rotatable bonds is 2. The van der Waals surface area contributed by atoms with E-state index in [1.54, 1.807) is 18.3 Å². The standard InChI is InChI=1S/C13H15BrN2OS/c1-7-4-3-5-10-11(7)9(6-15)13(18-10)16-12(17)8(2)14/h7-8H,3-5H2,1-2H3,(H,16,17)/t7-,8-/m0/s1. The lowest BCUT2D eigenvalue weighted by Gasteiger charge is -2.18. The summed E-state index contributed by atoms with van der Waals surface area (Å²) in [5.41, 5.74) is 1.83. The second kappa shape index (κ2) is 5.41. The van der Waals surface area contributed by atoms with Crippen molar-refractivity contribution in [3.05, 3.63) is 16.0 Å². The van der Waals surface area contributed by atoms with Crippen LogP contribution in [0.1, 0.15) is 48.6 Å². The molecule has 1 aliphatic carbocycles. The molecule has 18 heavy (non-hydrogen) atoms. The van der Waals surface area contributed by atoms with Crippen molar-refractivity contribution in [1.82, 2.24) is 0 Å². The van der Waals surface area contributed by atoms with Crippen molar-refractivity contribution in [3.63, 3.8) is 0 Å². The fraction of sp³-hybridized carbons (Fsp3) is 0.538. The average Bonchev–Trinajstić information content (AvgIpc) is 2.67. The number of halogens is 1. The van der Waals surface area contributed by atoms with E-state index in [2.05, 4.69) is 34.2 Å². The molecule has 0 aromatic carbocycles. The van der Waals surface area contributed by atoms with Gasteiger partial charge < -0.3 is 5.32 Å². The van der Waals surface area contributed by atoms with Gasteiger partial charge in [-0.15, -0.1) is 11.3 Å². The molecule has 2 atom stereocenters. The summed E-state index contributed by atoms with van der Waals surface area (Å²) in [6.45, 7) is 3.93. The summed E-state index contributed by atoms with van der Waals surface area (Å²) >= 11 is 4.80. The Hall–Kier alpha value is -0.860. The van der Waals surface area contributed by atoms with Gasteiger partial charge in [0.15, 0.2) is 0 Å². The van der Waals surface area contributed by atoms with Gasteiger partial charge in [0.2, 0.25) is 5.91 Å². The number of nitrogens with one attached hydrogen (secondary N) is 1. The van der Waals surface area contributed by atoms with E-state index in [0.717, 1.165) is 18.4 Å². The number of anilines is 1. The van der Waals surface area contributed by atoms with Crippen LogP contribution in [0.2, 0.25) is 0 Å². The maximum atomic E-state index is 11.7. The van der Waals surface area contributed by atoms with E-state index in [0.29, 0.717) is 16.5 Å². The molecule has 0 saturated carbocycles. The fourth-order valence-corrected chi connectivity index (χ4v) is 3.75. The van der Waals surface area contributed by atoms with Gasteiger partial charge in [0, 0.05) is 4.88 Å². The third kappa shape index (κ3) is 2.45. The third-order valence-electron chi connectivity index (χ3n) is 3.27. The van der Waals surface area contributed by atoms with Crippen molar-refractivity contribution < 1.29 is 4.79 Å². The SMILES string of the molecule is C[C@H](Br)C(=O)Nc1sc2c(c1C#N)[C@@H](C)CCC2. The Bertz CT molecular complexity index is 516. The van der Waals surface area contributed by atoms with Gasteiger partial charge >= 0.3 is 0 Å². The summed E-state index contributed by atoms with van der Waals surface area (Å²) in [5.74, 6) is 0.324. The quantitative estimate of drug-likeness (QED) is 0.841. The van der Waals surface area contributed by atoms with Gasteiger partial charge in [-0.1, -0.05) is 22.9 Å². The van der Waals surface area contributed by atoms with E-state index in [1.807, 2.05) is 0 Å². The molecule has 0 saturated heterocycles. The van der Waals surface area contributed by atoms with E-state index in [4.69, 9.17) is 0 Å². The van der Waals surface area contributed by atoms with Crippen LogP contribution in [-0.2, 0) is 11.2 Å². The summed E-state index contributed by atoms with van der Waals surface area (Å²) in [4.78, 5) is 12.7. The number of nitrogens with zero attached hydrogens (tertiary/aromatic N) is 1. The van der Waals surface area contributed by atoms with E-state index in [1.165, 1.54) is 11.3 Å². The lowest BCUT2D eigenvalue weighted by Crippen LogP contribution is -2.19. The number of carbonyl (C=O) groups is 1. The van der Waals surface area contributed by atoms with Crippen LogP contribution < -0.4 is 5.32 Å². The predicted molar refractivity (Wildman–Crippen MR) is 77.4 cm³/mol. The van der Waals surface area contributed by atoms with Crippen LogP contribution in [0.15, 0.2) is 0 Å². The maximum absolute atomic E-state index is 11.7. The molecule has 1 N–H and O–H groups in total. The second-order valence-corrected chi connectivity index (χ2v) is 7.13. The molecule has 1 aliphatic rings. The summed E-state index contributed by atoms with van der Waals surface area (Å²) in [7, 11) is 0. The van der Waals surface area contributed by atoms with Crippen LogP contribution in [0.25, 0.3) is 0 Å². The van der Waals surface area contributed by atoms with Crippen LogP contribution >= 0.6 is 27.3 Å². The second-order valence-electron chi connectivity index (χ2n) is 4.65. The number of hydrogen-bond donors (Lipinski definition) is 1. The van der Waals surface area contributed by atoms with Gasteiger partial charge in [-0.3, -0.25) is 4.79 Å². The Balaban J connectivity index is 2.38. The molecule has 3 nitrogen and oxygen atoms in total. The molecule has 0 bridgehead atoms. The zero-order chi connectivity index (χ0) is 13.3. The molecule has 0 fully saturated rings. The van der Waals surface area contributed by atoms with Crippen LogP contribution in [0.4, 0.5) is 5.00 Å². The Morgan fingerprint density at radius 2 is 2.39 bits per heavy atom. The molecule has 0 radical (unpaired) electrons. The van der Waals surface area contributed by atoms with E-state index >= 15 is 0 Å². The number of thiophene rings is 1. The van der Waals surface area contributed by atoms with E-state index in [-0.39, 0.29) is 10.7 Å². The number of nitriles is 1. The van der Waals surface area contributed by atoms with Crippen molar-refractivity contribution in [2.24, 2.45) is 0 Å². The van der Waals surface area contributed by atoms with Crippen molar-refractivity contribution in [3.8, 4) is 6.07 Å². The molecule has 0 spiro atoms. The number of alkyl halides is 1. The Kier molecular flexibility index (Phi) is 4.08. The molecule has 1 heterocycles. The van der Waals surface area contributed by atoms with Crippen LogP contribution in [0.3, 0.4) is 0 Å². The molecule has 2 rings (SSSR count). The van der Waals surface area contributed by atoms with Gasteiger partial charge in [0.25, 0.3) is 0 Å². The Labute approximate surface area is 119 Å². The maximum Gasteiger partial charge on any atom is 0.238 e. The molecule has 1 amide bonds. The Morgan fingerprint density at radius 1 is 1.67 bits per heavy atom. The highest BCUT2D eigenvalue weighted by Gasteiger charge is 2.26. The molecule has 1 aromatic rings. The lowest BCUT2D eigenvalue weighted by molar-refractivity contribution is -0.115. The number of aryl methyl sites for hydroxylation is 1. The summed E-state index contributed by atoms with van der Waals surface area (Å²) in [6.07, 6.45) is 3.32. The third-order valence-corrected chi connectivity index (χ3v) is 4.86. The minimum absolute atomic E-state index is 0.0993. The van der Waals surface area contributed by atoms with Gasteiger partial charge in [0.1, 0.15) is 11.1 Å². The van der Waals surface area contributed by atoms with Gasteiger partial charge in [-0.25, -0.2) is 0 Å². The van der Waals surface area contributed by atoms with E-state index in [9.17, 15) is 10.1 Å². The number of amides is 1. The topological polar surface area (TPSA) is 52.9 Å². The molecule has 1 aromatic heterocycles. The van der Waals surface area contributed by atoms with E-state index < -0.39 is 0 Å². The number of hydrogen-bond acceptors (Lipinski definition) is 3. The zero-order valence-corrected chi connectivity index (χ0v) is 12.8. The highest BCUT2D eigenvalue weighted by molar-refractivity contribution is 9.10. The number of fused-ring (bicyclic) bond motifs is 1. The van der Waals surface area contributed by atoms with Crippen LogP contribution in [-0.4, -0.2) is 10.7 Å². The summed E-state index contributed by atoms with van der Waals surface area (Å²) in [6, 6.07) is 2.26. The number of carbonyl (C=O) groups excluding carboxylic acids is 1. The van der Waals surface area contributed by atoms with Gasteiger partial charge in [0.05, 0.1) is 10.4 Å². The monoisotopic (exact) mass is 326 g/mol. The molecular weight excluding hydrogens is 312 g/mol. The molecule has 0 aliphatic heterocycles. The first-order valence-electron chi connectivity index (χ1n) is 6.05. The van der Waals surface area contributed by atoms with Gasteiger partial charge in [-0.2, -0.15) is 5.26 Å². The molecular formula is C13H15BrN2OS. The normalized spacial score (nSPS) is 19.8. The molecule has 0 unspecified atom stereocenters. The largest absolute Gasteiger partial charge is 0.316 e. The van der Waals surface area contributed by atoms with Crippen molar-refractivity contribution >= 4 is 38.2 Å². The predicted octanol–water partition coefficient (Wildman–Crippen LogP) is 3.78. The summed E-state index contributed by atoms with van der Waals surface area (Å²) < 4.78 is 0. The highest BCUT2D eigenvalue weighted by atomic mass is 79.9. The first-order chi connectivity index (χ1) is 8.54. The van der Waals surface area contributed by atoms with Crippen molar-refractivity contribution in [2.75, 3.05) is 5.32 Å². The smallest absolute Gasteiger partial charge is 0.238 e. The summed E-state index contributed by atoms with van der Waals surface area (Å²) in [5, 5.41) is 12.9. The minimum atomic E-state index is -0.249. The van der Waals surface area contributed by atoms with Crippen molar-refractivity contribution in [2.45, 2.75) is 43.9 Å². The van der Waals surface area contributed by atoms with Gasteiger partial charge in [-0.05, 0) is 37.7 Å². The lowest BCUT2D eigenvalue weighted by atomic mass is 9.87. The fourth-order valence-electron chi connectivity index (χ4n) is 2.32. The minimum Gasteiger partial charge on any atom is -0.316 e.